The molecule has 0 unspecified atom stereocenters. The van der Waals surface area contributed by atoms with Crippen molar-refractivity contribution in [1.29, 1.82) is 0 Å². The average molecular weight is 578 g/mol. The number of anilines is 2. The predicted octanol–water partition coefficient (Wildman–Crippen LogP) is 4.85. The maximum Gasteiger partial charge on any atom is 0.340 e. The maximum atomic E-state index is 13.5. The van der Waals surface area contributed by atoms with E-state index in [0.717, 1.165) is 0 Å². The van der Waals surface area contributed by atoms with E-state index in [1.165, 1.54) is 17.0 Å². The van der Waals surface area contributed by atoms with Gasteiger partial charge in [0.05, 0.1) is 30.9 Å². The standard InChI is InChI=1S/C30H28ClN3O7/c1-4-39-22-11-9-21(10-12-22)34-18(3)26(30(38)40-5-2)25(29(34)37)16-23-13-14-24(41-23)17-32-27(35)28(36)33-20-8-6-7-19(31)15-20/h6-16H,4-5,17H2,1-3H3,(H,32,35)(H,33,36)/b25-16+. The van der Waals surface area contributed by atoms with Crippen molar-refractivity contribution in [2.45, 2.75) is 27.3 Å². The summed E-state index contributed by atoms with van der Waals surface area (Å²) < 4.78 is 16.5. The summed E-state index contributed by atoms with van der Waals surface area (Å²) >= 11 is 5.90. The van der Waals surface area contributed by atoms with Crippen LogP contribution in [-0.4, -0.2) is 36.9 Å². The molecule has 4 rings (SSSR count). The molecule has 1 aliphatic rings. The van der Waals surface area contributed by atoms with E-state index in [1.54, 1.807) is 68.4 Å². The minimum atomic E-state index is -0.874. The Morgan fingerprint density at radius 1 is 1.00 bits per heavy atom. The van der Waals surface area contributed by atoms with Gasteiger partial charge in [-0.1, -0.05) is 17.7 Å². The van der Waals surface area contributed by atoms with E-state index in [-0.39, 0.29) is 30.1 Å². The summed E-state index contributed by atoms with van der Waals surface area (Å²) in [4.78, 5) is 52.3. The molecule has 0 spiro atoms. The first-order chi connectivity index (χ1) is 19.7. The summed E-state index contributed by atoms with van der Waals surface area (Å²) in [5.74, 6) is -1.56. The lowest BCUT2D eigenvalue weighted by molar-refractivity contribution is -0.138. The van der Waals surface area contributed by atoms with Crippen LogP contribution in [-0.2, 0) is 30.5 Å². The van der Waals surface area contributed by atoms with Crippen molar-refractivity contribution in [1.82, 2.24) is 5.32 Å². The molecule has 212 valence electrons. The number of halogens is 1. The summed E-state index contributed by atoms with van der Waals surface area (Å²) in [6.45, 7) is 5.78. The second-order valence-corrected chi connectivity index (χ2v) is 9.19. The van der Waals surface area contributed by atoms with Crippen LogP contribution in [0.2, 0.25) is 5.02 Å². The van der Waals surface area contributed by atoms with Gasteiger partial charge < -0.3 is 24.5 Å². The quantitative estimate of drug-likeness (QED) is 0.211. The van der Waals surface area contributed by atoms with Gasteiger partial charge in [0, 0.05) is 22.1 Å². The first-order valence-electron chi connectivity index (χ1n) is 12.8. The molecule has 11 heteroatoms. The van der Waals surface area contributed by atoms with Crippen LogP contribution in [0.25, 0.3) is 6.08 Å². The van der Waals surface area contributed by atoms with Crippen molar-refractivity contribution in [2.24, 2.45) is 0 Å². The number of furan rings is 1. The molecule has 2 heterocycles. The molecular formula is C30H28ClN3O7. The van der Waals surface area contributed by atoms with Gasteiger partial charge in [-0.3, -0.25) is 19.3 Å². The van der Waals surface area contributed by atoms with E-state index in [0.29, 0.717) is 40.2 Å². The van der Waals surface area contributed by atoms with Crippen LogP contribution < -0.4 is 20.3 Å². The fourth-order valence-corrected chi connectivity index (χ4v) is 4.35. The molecule has 0 saturated carbocycles. The monoisotopic (exact) mass is 577 g/mol. The third-order valence-corrected chi connectivity index (χ3v) is 6.20. The largest absolute Gasteiger partial charge is 0.494 e. The molecule has 0 saturated heterocycles. The lowest BCUT2D eigenvalue weighted by Crippen LogP contribution is -2.34. The molecule has 1 aromatic heterocycles. The molecule has 0 aliphatic carbocycles. The number of allylic oxidation sites excluding steroid dienone is 1. The summed E-state index contributed by atoms with van der Waals surface area (Å²) in [6.07, 6.45) is 1.45. The highest BCUT2D eigenvalue weighted by Gasteiger charge is 2.38. The third kappa shape index (κ3) is 6.85. The number of carbonyl (C=O) groups excluding carboxylic acids is 4. The highest BCUT2D eigenvalue weighted by molar-refractivity contribution is 6.39. The molecule has 41 heavy (non-hydrogen) atoms. The van der Waals surface area contributed by atoms with Crippen molar-refractivity contribution in [3.05, 3.63) is 94.1 Å². The molecule has 0 radical (unpaired) electrons. The third-order valence-electron chi connectivity index (χ3n) is 5.97. The minimum Gasteiger partial charge on any atom is -0.494 e. The number of hydrogen-bond acceptors (Lipinski definition) is 7. The van der Waals surface area contributed by atoms with Crippen LogP contribution in [0.5, 0.6) is 5.75 Å². The Morgan fingerprint density at radius 3 is 2.44 bits per heavy atom. The van der Waals surface area contributed by atoms with Gasteiger partial charge >= 0.3 is 17.8 Å². The van der Waals surface area contributed by atoms with E-state index < -0.39 is 23.7 Å². The molecule has 3 amide bonds. The topological polar surface area (TPSA) is 127 Å². The van der Waals surface area contributed by atoms with Gasteiger partial charge in [0.2, 0.25) is 0 Å². The fourth-order valence-electron chi connectivity index (χ4n) is 4.16. The zero-order chi connectivity index (χ0) is 29.5. The first-order valence-corrected chi connectivity index (χ1v) is 13.2. The Morgan fingerprint density at radius 2 is 1.76 bits per heavy atom. The van der Waals surface area contributed by atoms with Gasteiger partial charge in [-0.05, 0) is 81.4 Å². The number of benzene rings is 2. The zero-order valence-corrected chi connectivity index (χ0v) is 23.4. The smallest absolute Gasteiger partial charge is 0.340 e. The van der Waals surface area contributed by atoms with Crippen LogP contribution in [0.3, 0.4) is 0 Å². The second kappa shape index (κ2) is 13.0. The van der Waals surface area contributed by atoms with Crippen molar-refractivity contribution in [3.63, 3.8) is 0 Å². The lowest BCUT2D eigenvalue weighted by Gasteiger charge is -2.18. The molecule has 3 aromatic rings. The molecule has 0 fully saturated rings. The van der Waals surface area contributed by atoms with Crippen LogP contribution >= 0.6 is 11.6 Å². The number of esters is 1. The second-order valence-electron chi connectivity index (χ2n) is 8.76. The summed E-state index contributed by atoms with van der Waals surface area (Å²) in [5, 5.41) is 5.35. The van der Waals surface area contributed by atoms with Crippen LogP contribution in [0.4, 0.5) is 11.4 Å². The average Bonchev–Trinajstić information content (AvgIpc) is 3.49. The van der Waals surface area contributed by atoms with E-state index in [1.807, 2.05) is 6.92 Å². The summed E-state index contributed by atoms with van der Waals surface area (Å²) in [6, 6.07) is 16.5. The van der Waals surface area contributed by atoms with E-state index in [2.05, 4.69) is 10.6 Å². The molecule has 1 aliphatic heterocycles. The van der Waals surface area contributed by atoms with E-state index in [4.69, 9.17) is 25.5 Å². The normalized spacial score (nSPS) is 13.9. The number of nitrogens with zero attached hydrogens (tertiary/aromatic N) is 1. The Kier molecular flexibility index (Phi) is 9.26. The van der Waals surface area contributed by atoms with Gasteiger partial charge in [0.25, 0.3) is 5.91 Å². The molecule has 0 bridgehead atoms. The van der Waals surface area contributed by atoms with Gasteiger partial charge in [-0.15, -0.1) is 0 Å². The first kappa shape index (κ1) is 29.2. The zero-order valence-electron chi connectivity index (χ0n) is 22.7. The van der Waals surface area contributed by atoms with Crippen molar-refractivity contribution < 1.29 is 33.1 Å². The fraction of sp³-hybridized carbons (Fsp3) is 0.200. The van der Waals surface area contributed by atoms with Crippen molar-refractivity contribution in [3.8, 4) is 5.75 Å². The van der Waals surface area contributed by atoms with Crippen LogP contribution in [0.15, 0.2) is 81.9 Å². The van der Waals surface area contributed by atoms with E-state index >= 15 is 0 Å². The van der Waals surface area contributed by atoms with Crippen LogP contribution in [0.1, 0.15) is 32.3 Å². The Hall–Kier alpha value is -4.83. The van der Waals surface area contributed by atoms with Gasteiger partial charge in [-0.2, -0.15) is 0 Å². The molecule has 10 nitrogen and oxygen atoms in total. The number of carbonyl (C=O) groups is 4. The molecule has 2 N–H and O–H groups in total. The van der Waals surface area contributed by atoms with E-state index in [9.17, 15) is 19.2 Å². The lowest BCUT2D eigenvalue weighted by atomic mass is 10.1. The summed E-state index contributed by atoms with van der Waals surface area (Å²) in [7, 11) is 0. The molecular weight excluding hydrogens is 550 g/mol. The highest BCUT2D eigenvalue weighted by Crippen LogP contribution is 2.36. The number of hydrogen-bond donors (Lipinski definition) is 2. The Balaban J connectivity index is 1.50. The molecule has 2 aromatic carbocycles. The maximum absolute atomic E-state index is 13.5. The van der Waals surface area contributed by atoms with Crippen molar-refractivity contribution >= 4 is 52.7 Å². The van der Waals surface area contributed by atoms with Gasteiger partial charge in [-0.25, -0.2) is 4.79 Å². The van der Waals surface area contributed by atoms with Gasteiger partial charge in [0.1, 0.15) is 17.3 Å². The number of rotatable bonds is 9. The summed E-state index contributed by atoms with van der Waals surface area (Å²) in [5.41, 5.74) is 1.56. The Labute approximate surface area is 241 Å². The van der Waals surface area contributed by atoms with Gasteiger partial charge in [0.15, 0.2) is 0 Å². The number of amides is 3. The highest BCUT2D eigenvalue weighted by atomic mass is 35.5. The van der Waals surface area contributed by atoms with Crippen molar-refractivity contribution in [2.75, 3.05) is 23.4 Å². The molecule has 0 atom stereocenters. The Bertz CT molecular complexity index is 1540. The number of ether oxygens (including phenoxy) is 2. The predicted molar refractivity (Wildman–Crippen MR) is 153 cm³/mol. The van der Waals surface area contributed by atoms with Crippen LogP contribution in [0, 0.1) is 0 Å². The number of nitrogens with one attached hydrogen (secondary N) is 2. The SMILES string of the molecule is CCOC(=O)C1=C(C)N(c2ccc(OCC)cc2)C(=O)/C1=C/c1ccc(CNC(=O)C(=O)Nc2cccc(Cl)c2)o1. The minimum absolute atomic E-state index is 0.0865.